The highest BCUT2D eigenvalue weighted by atomic mass is 19.1. The summed E-state index contributed by atoms with van der Waals surface area (Å²) in [6.07, 6.45) is 0. The van der Waals surface area contributed by atoms with E-state index in [4.69, 9.17) is 0 Å². The van der Waals surface area contributed by atoms with Crippen LogP contribution < -0.4 is 0 Å². The first-order chi connectivity index (χ1) is 8.14. The minimum absolute atomic E-state index is 0.156. The van der Waals surface area contributed by atoms with Crippen molar-refractivity contribution in [2.45, 2.75) is 33.1 Å². The predicted molar refractivity (Wildman–Crippen MR) is 63.4 cm³/mol. The van der Waals surface area contributed by atoms with Crippen LogP contribution in [0.15, 0.2) is 12.1 Å². The van der Waals surface area contributed by atoms with Crippen molar-refractivity contribution in [3.05, 3.63) is 34.9 Å². The van der Waals surface area contributed by atoms with E-state index in [1.165, 1.54) is 6.92 Å². The van der Waals surface area contributed by atoms with Crippen LogP contribution in [-0.2, 0) is 10.2 Å². The van der Waals surface area contributed by atoms with Gasteiger partial charge in [0.15, 0.2) is 0 Å². The quantitative estimate of drug-likeness (QED) is 0.879. The zero-order valence-electron chi connectivity index (χ0n) is 10.8. The highest BCUT2D eigenvalue weighted by Gasteiger charge is 2.73. The maximum absolute atomic E-state index is 14.0. The van der Waals surface area contributed by atoms with Crippen LogP contribution in [0.1, 0.15) is 31.9 Å². The number of aryl methyl sites for hydroxylation is 1. The van der Waals surface area contributed by atoms with E-state index in [-0.39, 0.29) is 11.1 Å². The van der Waals surface area contributed by atoms with Gasteiger partial charge >= 0.3 is 5.97 Å². The lowest BCUT2D eigenvalue weighted by atomic mass is 9.88. The summed E-state index contributed by atoms with van der Waals surface area (Å²) < 4.78 is 27.6. The second-order valence-electron chi connectivity index (χ2n) is 5.78. The minimum atomic E-state index is -0.970. The molecular weight excluding hydrogens is 238 g/mol. The Bertz CT molecular complexity index is 537. The summed E-state index contributed by atoms with van der Waals surface area (Å²) in [4.78, 5) is 11.2. The van der Waals surface area contributed by atoms with E-state index in [0.29, 0.717) is 0 Å². The molecule has 2 unspecified atom stereocenters. The zero-order chi connectivity index (χ0) is 13.9. The van der Waals surface area contributed by atoms with E-state index in [0.717, 1.165) is 12.1 Å². The van der Waals surface area contributed by atoms with Crippen molar-refractivity contribution >= 4 is 5.97 Å². The normalized spacial score (nSPS) is 29.1. The van der Waals surface area contributed by atoms with Crippen LogP contribution in [0, 0.1) is 29.9 Å². The predicted octanol–water partition coefficient (Wildman–Crippen LogP) is 3.27. The molecule has 1 aromatic carbocycles. The molecule has 1 aliphatic rings. The first kappa shape index (κ1) is 13.0. The molecule has 2 nitrogen and oxygen atoms in total. The first-order valence-electron chi connectivity index (χ1n) is 5.83. The smallest absolute Gasteiger partial charge is 0.307 e. The van der Waals surface area contributed by atoms with Crippen LogP contribution in [0.25, 0.3) is 0 Å². The third-order valence-corrected chi connectivity index (χ3v) is 4.61. The number of hydrogen-bond acceptors (Lipinski definition) is 1. The number of aliphatic carboxylic acids is 1. The number of carboxylic acid groups (broad SMARTS) is 1. The standard InChI is InChI=1S/C14H16F2O2/c1-7-5-10(16)8(6-9(7)15)14(4)11(12(17)18)13(14,2)3/h5-6,11H,1-4H3,(H,17,18). The largest absolute Gasteiger partial charge is 0.481 e. The lowest BCUT2D eigenvalue weighted by Crippen LogP contribution is -2.15. The van der Waals surface area contributed by atoms with Gasteiger partial charge < -0.3 is 5.11 Å². The maximum Gasteiger partial charge on any atom is 0.307 e. The van der Waals surface area contributed by atoms with Crippen LogP contribution in [0.5, 0.6) is 0 Å². The Balaban J connectivity index is 2.57. The Hall–Kier alpha value is -1.45. The SMILES string of the molecule is Cc1cc(F)c(C2(C)C(C(=O)O)C2(C)C)cc1F. The molecular formula is C14H16F2O2. The molecule has 4 heteroatoms. The molecule has 1 saturated carbocycles. The first-order valence-corrected chi connectivity index (χ1v) is 5.83. The summed E-state index contributed by atoms with van der Waals surface area (Å²) in [5, 5.41) is 9.18. The van der Waals surface area contributed by atoms with E-state index in [2.05, 4.69) is 0 Å². The topological polar surface area (TPSA) is 37.3 Å². The summed E-state index contributed by atoms with van der Waals surface area (Å²) in [5.41, 5.74) is -1.06. The molecule has 0 saturated heterocycles. The molecule has 1 fully saturated rings. The van der Waals surface area contributed by atoms with Crippen LogP contribution >= 0.6 is 0 Å². The number of benzene rings is 1. The molecule has 1 aliphatic carbocycles. The highest BCUT2D eigenvalue weighted by molar-refractivity contribution is 5.79. The van der Waals surface area contributed by atoms with Gasteiger partial charge in [-0.2, -0.15) is 0 Å². The fourth-order valence-electron chi connectivity index (χ4n) is 3.08. The summed E-state index contributed by atoms with van der Waals surface area (Å²) in [6.45, 7) is 6.70. The fraction of sp³-hybridized carbons (Fsp3) is 0.500. The number of hydrogen-bond donors (Lipinski definition) is 1. The van der Waals surface area contributed by atoms with Crippen molar-refractivity contribution in [3.63, 3.8) is 0 Å². The molecule has 0 amide bonds. The Kier molecular flexibility index (Phi) is 2.55. The van der Waals surface area contributed by atoms with Gasteiger partial charge in [-0.1, -0.05) is 20.8 Å². The molecule has 0 spiro atoms. The molecule has 2 atom stereocenters. The van der Waals surface area contributed by atoms with Gasteiger partial charge in [0.1, 0.15) is 11.6 Å². The molecule has 18 heavy (non-hydrogen) atoms. The Morgan fingerprint density at radius 3 is 2.22 bits per heavy atom. The van der Waals surface area contributed by atoms with E-state index >= 15 is 0 Å². The van der Waals surface area contributed by atoms with Crippen molar-refractivity contribution < 1.29 is 18.7 Å². The molecule has 0 heterocycles. The van der Waals surface area contributed by atoms with Gasteiger partial charge in [-0.15, -0.1) is 0 Å². The summed E-state index contributed by atoms with van der Waals surface area (Å²) >= 11 is 0. The third kappa shape index (κ3) is 1.41. The van der Waals surface area contributed by atoms with Crippen molar-refractivity contribution in [1.29, 1.82) is 0 Å². The van der Waals surface area contributed by atoms with Crippen LogP contribution in [0.4, 0.5) is 8.78 Å². The second kappa shape index (κ2) is 3.53. The van der Waals surface area contributed by atoms with Gasteiger partial charge in [0.25, 0.3) is 0 Å². The van der Waals surface area contributed by atoms with E-state index in [9.17, 15) is 18.7 Å². The number of rotatable bonds is 2. The Labute approximate surface area is 105 Å². The van der Waals surface area contributed by atoms with E-state index in [1.807, 2.05) is 0 Å². The fourth-order valence-corrected chi connectivity index (χ4v) is 3.08. The second-order valence-corrected chi connectivity index (χ2v) is 5.78. The van der Waals surface area contributed by atoms with Gasteiger partial charge in [-0.3, -0.25) is 4.79 Å². The van der Waals surface area contributed by atoms with Gasteiger partial charge in [0.05, 0.1) is 5.92 Å². The van der Waals surface area contributed by atoms with Crippen LogP contribution in [0.2, 0.25) is 0 Å². The van der Waals surface area contributed by atoms with Crippen LogP contribution in [0.3, 0.4) is 0 Å². The number of carbonyl (C=O) groups is 1. The summed E-state index contributed by atoms with van der Waals surface area (Å²) in [5.74, 6) is -2.70. The molecule has 1 aromatic rings. The van der Waals surface area contributed by atoms with Crippen molar-refractivity contribution in [2.75, 3.05) is 0 Å². The number of carboxylic acids is 1. The lowest BCUT2D eigenvalue weighted by molar-refractivity contribution is -0.139. The minimum Gasteiger partial charge on any atom is -0.481 e. The van der Waals surface area contributed by atoms with E-state index in [1.54, 1.807) is 20.8 Å². The summed E-state index contributed by atoms with van der Waals surface area (Å²) in [7, 11) is 0. The van der Waals surface area contributed by atoms with Crippen molar-refractivity contribution in [2.24, 2.45) is 11.3 Å². The van der Waals surface area contributed by atoms with Crippen molar-refractivity contribution in [3.8, 4) is 0 Å². The molecule has 0 radical (unpaired) electrons. The molecule has 0 bridgehead atoms. The third-order valence-electron chi connectivity index (χ3n) is 4.61. The average molecular weight is 254 g/mol. The van der Waals surface area contributed by atoms with Crippen LogP contribution in [-0.4, -0.2) is 11.1 Å². The lowest BCUT2D eigenvalue weighted by Gasteiger charge is -2.16. The van der Waals surface area contributed by atoms with Crippen molar-refractivity contribution in [1.82, 2.24) is 0 Å². The molecule has 98 valence electrons. The number of halogens is 2. The molecule has 0 aliphatic heterocycles. The molecule has 1 N–H and O–H groups in total. The molecule has 2 rings (SSSR count). The molecule has 0 aromatic heterocycles. The van der Waals surface area contributed by atoms with Gasteiger partial charge in [0.2, 0.25) is 0 Å². The Morgan fingerprint density at radius 1 is 1.22 bits per heavy atom. The van der Waals surface area contributed by atoms with E-state index < -0.39 is 34.4 Å². The average Bonchev–Trinajstić information content (AvgIpc) is 2.67. The summed E-state index contributed by atoms with van der Waals surface area (Å²) in [6, 6.07) is 2.26. The maximum atomic E-state index is 14.0. The zero-order valence-corrected chi connectivity index (χ0v) is 10.8. The van der Waals surface area contributed by atoms with Gasteiger partial charge in [-0.25, -0.2) is 8.78 Å². The van der Waals surface area contributed by atoms with Gasteiger partial charge in [0, 0.05) is 5.41 Å². The Morgan fingerprint density at radius 2 is 1.78 bits per heavy atom. The highest BCUT2D eigenvalue weighted by Crippen LogP contribution is 2.69. The van der Waals surface area contributed by atoms with Gasteiger partial charge in [-0.05, 0) is 35.6 Å². The monoisotopic (exact) mass is 254 g/mol.